The van der Waals surface area contributed by atoms with Crippen LogP contribution < -0.4 is 5.32 Å². The lowest BCUT2D eigenvalue weighted by molar-refractivity contribution is 0.0161. The minimum absolute atomic E-state index is 0.0197. The number of rotatable bonds is 4. The Morgan fingerprint density at radius 3 is 2.72 bits per heavy atom. The molecule has 2 N–H and O–H groups in total. The van der Waals surface area contributed by atoms with Crippen LogP contribution in [-0.4, -0.2) is 47.2 Å². The number of nitrogens with zero attached hydrogens (tertiary/aromatic N) is 1. The monoisotopic (exact) mass is 348 g/mol. The number of amides is 2. The van der Waals surface area contributed by atoms with E-state index in [0.29, 0.717) is 19.0 Å². The van der Waals surface area contributed by atoms with Gasteiger partial charge in [-0.3, -0.25) is 4.79 Å². The number of carbonyl (C=O) groups excluding carboxylic acids is 2. The summed E-state index contributed by atoms with van der Waals surface area (Å²) in [5, 5.41) is 12.5. The Kier molecular flexibility index (Phi) is 6.28. The highest BCUT2D eigenvalue weighted by atomic mass is 16.6. The molecule has 25 heavy (non-hydrogen) atoms. The first-order valence-electron chi connectivity index (χ1n) is 8.80. The third-order valence-corrected chi connectivity index (χ3v) is 4.16. The Balaban J connectivity index is 1.78. The predicted molar refractivity (Wildman–Crippen MR) is 95.6 cm³/mol. The largest absolute Gasteiger partial charge is 0.507 e. The molecule has 1 aliphatic heterocycles. The Morgan fingerprint density at radius 1 is 1.32 bits per heavy atom. The molecule has 138 valence electrons. The summed E-state index contributed by atoms with van der Waals surface area (Å²) < 4.78 is 5.43. The van der Waals surface area contributed by atoms with Crippen molar-refractivity contribution in [2.45, 2.75) is 45.6 Å². The zero-order chi connectivity index (χ0) is 18.4. The summed E-state index contributed by atoms with van der Waals surface area (Å²) >= 11 is 0. The van der Waals surface area contributed by atoms with Crippen molar-refractivity contribution in [3.05, 3.63) is 29.8 Å². The summed E-state index contributed by atoms with van der Waals surface area (Å²) in [7, 11) is 0. The van der Waals surface area contributed by atoms with Gasteiger partial charge in [0.1, 0.15) is 11.4 Å². The van der Waals surface area contributed by atoms with Crippen molar-refractivity contribution in [3.63, 3.8) is 0 Å². The average Bonchev–Trinajstić information content (AvgIpc) is 2.54. The SMILES string of the molecule is CC(C)(C)OC(=O)N1CCCC(CCNC(=O)c2ccccc2O)C1. The minimum atomic E-state index is -0.490. The normalized spacial score (nSPS) is 17.9. The smallest absolute Gasteiger partial charge is 0.410 e. The van der Waals surface area contributed by atoms with E-state index < -0.39 is 5.60 Å². The Morgan fingerprint density at radius 2 is 2.04 bits per heavy atom. The van der Waals surface area contributed by atoms with Gasteiger partial charge in [-0.2, -0.15) is 0 Å². The molecule has 6 heteroatoms. The lowest BCUT2D eigenvalue weighted by Crippen LogP contribution is -2.43. The lowest BCUT2D eigenvalue weighted by atomic mass is 9.95. The molecule has 0 spiro atoms. The Hall–Kier alpha value is -2.24. The molecule has 1 atom stereocenters. The van der Waals surface area contributed by atoms with E-state index in [1.54, 1.807) is 23.1 Å². The fourth-order valence-corrected chi connectivity index (χ4v) is 2.94. The van der Waals surface area contributed by atoms with Crippen molar-refractivity contribution in [2.24, 2.45) is 5.92 Å². The number of ether oxygens (including phenoxy) is 1. The Bertz CT molecular complexity index is 610. The summed E-state index contributed by atoms with van der Waals surface area (Å²) in [4.78, 5) is 26.0. The highest BCUT2D eigenvalue weighted by Gasteiger charge is 2.27. The quantitative estimate of drug-likeness (QED) is 0.876. The molecule has 2 rings (SSSR count). The van der Waals surface area contributed by atoms with Crippen LogP contribution in [0.2, 0.25) is 0 Å². The van der Waals surface area contributed by atoms with Crippen LogP contribution in [0.3, 0.4) is 0 Å². The molecule has 1 aromatic carbocycles. The van der Waals surface area contributed by atoms with Gasteiger partial charge in [0.15, 0.2) is 0 Å². The van der Waals surface area contributed by atoms with Gasteiger partial charge in [0, 0.05) is 19.6 Å². The third kappa shape index (κ3) is 5.96. The van der Waals surface area contributed by atoms with Crippen molar-refractivity contribution in [1.82, 2.24) is 10.2 Å². The van der Waals surface area contributed by atoms with Gasteiger partial charge in [-0.25, -0.2) is 4.79 Å². The van der Waals surface area contributed by atoms with Crippen LogP contribution in [0.5, 0.6) is 5.75 Å². The highest BCUT2D eigenvalue weighted by molar-refractivity contribution is 5.96. The number of phenolic OH excluding ortho intramolecular Hbond substituents is 1. The number of hydrogen-bond donors (Lipinski definition) is 2. The van der Waals surface area contributed by atoms with E-state index in [1.165, 1.54) is 6.07 Å². The number of piperidine rings is 1. The molecule has 1 unspecified atom stereocenters. The minimum Gasteiger partial charge on any atom is -0.507 e. The molecule has 1 aliphatic rings. The van der Waals surface area contributed by atoms with E-state index in [-0.39, 0.29) is 23.3 Å². The van der Waals surface area contributed by atoms with E-state index in [2.05, 4.69) is 5.32 Å². The number of benzene rings is 1. The van der Waals surface area contributed by atoms with Crippen LogP contribution in [0.25, 0.3) is 0 Å². The van der Waals surface area contributed by atoms with E-state index in [9.17, 15) is 14.7 Å². The first kappa shape index (κ1) is 19.1. The van der Waals surface area contributed by atoms with Crippen molar-refractivity contribution >= 4 is 12.0 Å². The van der Waals surface area contributed by atoms with Crippen molar-refractivity contribution < 1.29 is 19.4 Å². The maximum absolute atomic E-state index is 12.2. The Labute approximate surface area is 149 Å². The van der Waals surface area contributed by atoms with Gasteiger partial charge < -0.3 is 20.1 Å². The number of aromatic hydroxyl groups is 1. The fourth-order valence-electron chi connectivity index (χ4n) is 2.94. The van der Waals surface area contributed by atoms with Gasteiger partial charge in [0.2, 0.25) is 0 Å². The van der Waals surface area contributed by atoms with E-state index in [0.717, 1.165) is 25.8 Å². The summed E-state index contributed by atoms with van der Waals surface area (Å²) in [6.45, 7) is 7.47. The second-order valence-electron chi connectivity index (χ2n) is 7.50. The van der Waals surface area contributed by atoms with Crippen molar-refractivity contribution in [1.29, 1.82) is 0 Å². The van der Waals surface area contributed by atoms with E-state index in [4.69, 9.17) is 4.74 Å². The summed E-state index contributed by atoms with van der Waals surface area (Å²) in [5.41, 5.74) is -0.211. The van der Waals surface area contributed by atoms with Crippen molar-refractivity contribution in [3.8, 4) is 5.75 Å². The molecular weight excluding hydrogens is 320 g/mol. The second-order valence-corrected chi connectivity index (χ2v) is 7.50. The standard InChI is InChI=1S/C19H28N2O4/c1-19(2,3)25-18(24)21-12-6-7-14(13-21)10-11-20-17(23)15-8-4-5-9-16(15)22/h4-5,8-9,14,22H,6-7,10-13H2,1-3H3,(H,20,23). The average molecular weight is 348 g/mol. The molecule has 1 fully saturated rings. The van der Waals surface area contributed by atoms with Crippen LogP contribution in [0.4, 0.5) is 4.79 Å². The third-order valence-electron chi connectivity index (χ3n) is 4.16. The van der Waals surface area contributed by atoms with Gasteiger partial charge in [-0.1, -0.05) is 12.1 Å². The zero-order valence-electron chi connectivity index (χ0n) is 15.2. The van der Waals surface area contributed by atoms with Crippen LogP contribution in [0.15, 0.2) is 24.3 Å². The first-order chi connectivity index (χ1) is 11.8. The number of phenols is 1. The maximum Gasteiger partial charge on any atom is 0.410 e. The van der Waals surface area contributed by atoms with Gasteiger partial charge in [-0.05, 0) is 58.1 Å². The molecule has 1 saturated heterocycles. The fraction of sp³-hybridized carbons (Fsp3) is 0.579. The number of hydrogen-bond acceptors (Lipinski definition) is 4. The molecule has 0 radical (unpaired) electrons. The van der Waals surface area contributed by atoms with Gasteiger partial charge in [0.25, 0.3) is 5.91 Å². The highest BCUT2D eigenvalue weighted by Crippen LogP contribution is 2.21. The number of nitrogens with one attached hydrogen (secondary N) is 1. The molecule has 1 aromatic rings. The predicted octanol–water partition coefficient (Wildman–Crippen LogP) is 3.16. The number of para-hydroxylation sites is 1. The van der Waals surface area contributed by atoms with Gasteiger partial charge in [-0.15, -0.1) is 0 Å². The molecule has 2 amide bonds. The lowest BCUT2D eigenvalue weighted by Gasteiger charge is -2.34. The van der Waals surface area contributed by atoms with Crippen LogP contribution >= 0.6 is 0 Å². The first-order valence-corrected chi connectivity index (χ1v) is 8.80. The van der Waals surface area contributed by atoms with E-state index in [1.807, 2.05) is 20.8 Å². The number of carbonyl (C=O) groups is 2. The molecule has 0 saturated carbocycles. The van der Waals surface area contributed by atoms with Gasteiger partial charge >= 0.3 is 6.09 Å². The molecule has 0 aromatic heterocycles. The molecule has 0 bridgehead atoms. The zero-order valence-corrected chi connectivity index (χ0v) is 15.2. The molecule has 0 aliphatic carbocycles. The van der Waals surface area contributed by atoms with Crippen LogP contribution in [0.1, 0.15) is 50.4 Å². The molecular formula is C19H28N2O4. The topological polar surface area (TPSA) is 78.9 Å². The number of likely N-dealkylation sites (tertiary alicyclic amines) is 1. The van der Waals surface area contributed by atoms with Gasteiger partial charge in [0.05, 0.1) is 5.56 Å². The van der Waals surface area contributed by atoms with Crippen molar-refractivity contribution in [2.75, 3.05) is 19.6 Å². The summed E-state index contributed by atoms with van der Waals surface area (Å²) in [6.07, 6.45) is 2.50. The van der Waals surface area contributed by atoms with Crippen LogP contribution in [0, 0.1) is 5.92 Å². The molecule has 6 nitrogen and oxygen atoms in total. The molecule has 1 heterocycles. The van der Waals surface area contributed by atoms with Crippen LogP contribution in [-0.2, 0) is 4.74 Å². The summed E-state index contributed by atoms with van der Waals surface area (Å²) in [6, 6.07) is 6.48. The second kappa shape index (κ2) is 8.23. The van der Waals surface area contributed by atoms with E-state index >= 15 is 0 Å². The summed E-state index contributed by atoms with van der Waals surface area (Å²) in [5.74, 6) is 0.0395. The maximum atomic E-state index is 12.2.